The largest absolute Gasteiger partial charge is 0.343 e. The molecule has 0 aliphatic carbocycles. The molecule has 17 heavy (non-hydrogen) atoms. The number of hydrogen-bond donors (Lipinski definition) is 1. The van der Waals surface area contributed by atoms with Crippen molar-refractivity contribution in [1.82, 2.24) is 4.90 Å². The molecule has 3 nitrogen and oxygen atoms in total. The fraction of sp³-hybridized carbons (Fsp3) is 0.923. The quantitative estimate of drug-likeness (QED) is 0.827. The fourth-order valence-corrected chi connectivity index (χ4v) is 2.32. The highest BCUT2D eigenvalue weighted by molar-refractivity contribution is 5.85. The lowest BCUT2D eigenvalue weighted by atomic mass is 9.89. The molecule has 0 radical (unpaired) electrons. The summed E-state index contributed by atoms with van der Waals surface area (Å²) in [5, 5.41) is 0. The van der Waals surface area contributed by atoms with Crippen LogP contribution in [0, 0.1) is 11.8 Å². The molecule has 0 aromatic heterocycles. The van der Waals surface area contributed by atoms with Crippen molar-refractivity contribution < 1.29 is 4.79 Å². The summed E-state index contributed by atoms with van der Waals surface area (Å²) in [6.45, 7) is 6.93. The standard InChI is InChI=1S/C13H26N2O.ClH/c1-11(2)3-4-12-6-9-15(10-7-12)13(16)5-8-14;/h11-12H,3-10,14H2,1-2H3;1H. The molecule has 4 heteroatoms. The van der Waals surface area contributed by atoms with Gasteiger partial charge in [0.05, 0.1) is 0 Å². The first-order chi connectivity index (χ1) is 7.63. The van der Waals surface area contributed by atoms with Crippen LogP contribution in [0.3, 0.4) is 0 Å². The van der Waals surface area contributed by atoms with E-state index in [0.717, 1.165) is 24.9 Å². The number of carbonyl (C=O) groups is 1. The van der Waals surface area contributed by atoms with Crippen molar-refractivity contribution in [3.05, 3.63) is 0 Å². The van der Waals surface area contributed by atoms with Gasteiger partial charge in [0.25, 0.3) is 0 Å². The second kappa shape index (κ2) is 8.76. The number of piperidine rings is 1. The third kappa shape index (κ3) is 6.27. The summed E-state index contributed by atoms with van der Waals surface area (Å²) in [7, 11) is 0. The third-order valence-electron chi connectivity index (χ3n) is 3.48. The van der Waals surface area contributed by atoms with E-state index in [4.69, 9.17) is 5.73 Å². The Morgan fingerprint density at radius 2 is 1.94 bits per heavy atom. The van der Waals surface area contributed by atoms with Crippen molar-refractivity contribution in [1.29, 1.82) is 0 Å². The van der Waals surface area contributed by atoms with Gasteiger partial charge in [0.15, 0.2) is 0 Å². The van der Waals surface area contributed by atoms with E-state index in [-0.39, 0.29) is 18.3 Å². The van der Waals surface area contributed by atoms with E-state index in [1.54, 1.807) is 0 Å². The minimum absolute atomic E-state index is 0. The highest BCUT2D eigenvalue weighted by atomic mass is 35.5. The Balaban J connectivity index is 0.00000256. The Kier molecular flexibility index (Phi) is 8.61. The first-order valence-corrected chi connectivity index (χ1v) is 6.61. The summed E-state index contributed by atoms with van der Waals surface area (Å²) >= 11 is 0. The number of hydrogen-bond acceptors (Lipinski definition) is 2. The normalized spacial score (nSPS) is 17.1. The van der Waals surface area contributed by atoms with Crippen molar-refractivity contribution >= 4 is 18.3 Å². The summed E-state index contributed by atoms with van der Waals surface area (Å²) in [6.07, 6.45) is 5.53. The third-order valence-corrected chi connectivity index (χ3v) is 3.48. The van der Waals surface area contributed by atoms with Crippen molar-refractivity contribution in [3.8, 4) is 0 Å². The van der Waals surface area contributed by atoms with Crippen molar-refractivity contribution in [2.24, 2.45) is 17.6 Å². The summed E-state index contributed by atoms with van der Waals surface area (Å²) in [5.41, 5.74) is 5.40. The second-order valence-electron chi connectivity index (χ2n) is 5.33. The van der Waals surface area contributed by atoms with Crippen molar-refractivity contribution in [2.75, 3.05) is 19.6 Å². The van der Waals surface area contributed by atoms with Crippen LogP contribution in [0.5, 0.6) is 0 Å². The molecular weight excluding hydrogens is 236 g/mol. The molecule has 0 unspecified atom stereocenters. The van der Waals surface area contributed by atoms with Gasteiger partial charge in [0, 0.05) is 26.1 Å². The monoisotopic (exact) mass is 262 g/mol. The van der Waals surface area contributed by atoms with Gasteiger partial charge >= 0.3 is 0 Å². The molecule has 0 aromatic carbocycles. The maximum absolute atomic E-state index is 11.6. The van der Waals surface area contributed by atoms with Gasteiger partial charge in [-0.05, 0) is 24.7 Å². The molecular formula is C13H27ClN2O. The lowest BCUT2D eigenvalue weighted by Crippen LogP contribution is -2.39. The van der Waals surface area contributed by atoms with E-state index >= 15 is 0 Å². The van der Waals surface area contributed by atoms with Crippen molar-refractivity contribution in [2.45, 2.75) is 46.0 Å². The minimum Gasteiger partial charge on any atom is -0.343 e. The van der Waals surface area contributed by atoms with Crippen LogP contribution in [0.1, 0.15) is 46.0 Å². The smallest absolute Gasteiger partial charge is 0.223 e. The molecule has 1 aliphatic heterocycles. The van der Waals surface area contributed by atoms with E-state index < -0.39 is 0 Å². The molecule has 1 saturated heterocycles. The summed E-state index contributed by atoms with van der Waals surface area (Å²) in [5.74, 6) is 1.88. The Morgan fingerprint density at radius 1 is 1.35 bits per heavy atom. The van der Waals surface area contributed by atoms with Crippen LogP contribution in [-0.4, -0.2) is 30.4 Å². The van der Waals surface area contributed by atoms with Crippen LogP contribution in [0.2, 0.25) is 0 Å². The number of carbonyl (C=O) groups excluding carboxylic acids is 1. The molecule has 0 aromatic rings. The molecule has 2 N–H and O–H groups in total. The first kappa shape index (κ1) is 16.7. The van der Waals surface area contributed by atoms with Gasteiger partial charge in [-0.1, -0.05) is 26.7 Å². The minimum atomic E-state index is 0. The molecule has 1 heterocycles. The Labute approximate surface area is 112 Å². The van der Waals surface area contributed by atoms with Gasteiger partial charge in [-0.3, -0.25) is 4.79 Å². The molecule has 1 amide bonds. The average Bonchev–Trinajstić information content (AvgIpc) is 2.27. The van der Waals surface area contributed by atoms with Gasteiger partial charge in [-0.2, -0.15) is 0 Å². The zero-order valence-corrected chi connectivity index (χ0v) is 12.0. The molecule has 0 saturated carbocycles. The van der Waals surface area contributed by atoms with E-state index in [1.165, 1.54) is 25.7 Å². The lowest BCUT2D eigenvalue weighted by molar-refractivity contribution is -0.132. The second-order valence-corrected chi connectivity index (χ2v) is 5.33. The Morgan fingerprint density at radius 3 is 2.41 bits per heavy atom. The predicted molar refractivity (Wildman–Crippen MR) is 74.3 cm³/mol. The number of halogens is 1. The van der Waals surface area contributed by atoms with Crippen LogP contribution < -0.4 is 5.73 Å². The number of rotatable bonds is 5. The summed E-state index contributed by atoms with van der Waals surface area (Å²) in [6, 6.07) is 0. The topological polar surface area (TPSA) is 46.3 Å². The molecule has 0 atom stereocenters. The summed E-state index contributed by atoms with van der Waals surface area (Å²) < 4.78 is 0. The van der Waals surface area contributed by atoms with Crippen LogP contribution in [-0.2, 0) is 4.79 Å². The van der Waals surface area contributed by atoms with E-state index in [1.807, 2.05) is 4.90 Å². The maximum Gasteiger partial charge on any atom is 0.223 e. The highest BCUT2D eigenvalue weighted by Gasteiger charge is 2.21. The van der Waals surface area contributed by atoms with Crippen LogP contribution >= 0.6 is 12.4 Å². The maximum atomic E-state index is 11.6. The zero-order chi connectivity index (χ0) is 12.0. The zero-order valence-electron chi connectivity index (χ0n) is 11.2. The number of amides is 1. The molecule has 1 fully saturated rings. The average molecular weight is 263 g/mol. The Bertz CT molecular complexity index is 213. The van der Waals surface area contributed by atoms with Crippen LogP contribution in [0.4, 0.5) is 0 Å². The van der Waals surface area contributed by atoms with Gasteiger partial charge in [-0.15, -0.1) is 12.4 Å². The summed E-state index contributed by atoms with van der Waals surface area (Å²) in [4.78, 5) is 13.6. The molecule has 102 valence electrons. The predicted octanol–water partition coefficient (Wildman–Crippen LogP) is 2.43. The van der Waals surface area contributed by atoms with E-state index in [9.17, 15) is 4.79 Å². The number of nitrogens with two attached hydrogens (primary N) is 1. The molecule has 1 rings (SSSR count). The lowest BCUT2D eigenvalue weighted by Gasteiger charge is -2.32. The SMILES string of the molecule is CC(C)CCC1CCN(C(=O)CCN)CC1.Cl. The molecule has 1 aliphatic rings. The first-order valence-electron chi connectivity index (χ1n) is 6.61. The van der Waals surface area contributed by atoms with Gasteiger partial charge in [0.1, 0.15) is 0 Å². The van der Waals surface area contributed by atoms with Gasteiger partial charge in [0.2, 0.25) is 5.91 Å². The number of nitrogens with zero attached hydrogens (tertiary/aromatic N) is 1. The molecule has 0 spiro atoms. The van der Waals surface area contributed by atoms with Crippen molar-refractivity contribution in [3.63, 3.8) is 0 Å². The molecule has 0 bridgehead atoms. The highest BCUT2D eigenvalue weighted by Crippen LogP contribution is 2.23. The van der Waals surface area contributed by atoms with E-state index in [0.29, 0.717) is 13.0 Å². The Hall–Kier alpha value is -0.280. The number of likely N-dealkylation sites (tertiary alicyclic amines) is 1. The van der Waals surface area contributed by atoms with Crippen LogP contribution in [0.25, 0.3) is 0 Å². The fourth-order valence-electron chi connectivity index (χ4n) is 2.32. The van der Waals surface area contributed by atoms with Gasteiger partial charge < -0.3 is 10.6 Å². The van der Waals surface area contributed by atoms with Crippen LogP contribution in [0.15, 0.2) is 0 Å². The van der Waals surface area contributed by atoms with E-state index in [2.05, 4.69) is 13.8 Å². The van der Waals surface area contributed by atoms with Gasteiger partial charge in [-0.25, -0.2) is 0 Å².